The molecule has 0 aromatic carbocycles. The van der Waals surface area contributed by atoms with Gasteiger partial charge in [-0.05, 0) is 12.8 Å². The van der Waals surface area contributed by atoms with Crippen LogP contribution in [0.5, 0.6) is 0 Å². The SMILES string of the molecule is c1n[nH]nc1SCCOCC1CCCO1. The summed E-state index contributed by atoms with van der Waals surface area (Å²) in [6.45, 7) is 2.35. The molecule has 1 fully saturated rings. The molecule has 2 heterocycles. The molecule has 84 valence electrons. The molecule has 2 rings (SSSR count). The van der Waals surface area contributed by atoms with Crippen LogP contribution in [0, 0.1) is 0 Å². The van der Waals surface area contributed by atoms with E-state index in [0.717, 1.165) is 37.0 Å². The van der Waals surface area contributed by atoms with Crippen LogP contribution in [0.25, 0.3) is 0 Å². The van der Waals surface area contributed by atoms with Gasteiger partial charge in [0.2, 0.25) is 0 Å². The van der Waals surface area contributed by atoms with Crippen LogP contribution in [0.3, 0.4) is 0 Å². The first-order chi connectivity index (χ1) is 7.45. The number of hydrogen-bond donors (Lipinski definition) is 1. The van der Waals surface area contributed by atoms with E-state index in [-0.39, 0.29) is 0 Å². The van der Waals surface area contributed by atoms with E-state index in [4.69, 9.17) is 9.47 Å². The van der Waals surface area contributed by atoms with Crippen molar-refractivity contribution in [3.8, 4) is 0 Å². The molecular weight excluding hydrogens is 214 g/mol. The van der Waals surface area contributed by atoms with Gasteiger partial charge in [0, 0.05) is 12.4 Å². The Labute approximate surface area is 92.9 Å². The van der Waals surface area contributed by atoms with Gasteiger partial charge in [-0.3, -0.25) is 0 Å². The van der Waals surface area contributed by atoms with Crippen LogP contribution in [0.1, 0.15) is 12.8 Å². The number of H-pyrrole nitrogens is 1. The third-order valence-electron chi connectivity index (χ3n) is 2.20. The molecule has 1 aliphatic heterocycles. The number of aromatic nitrogens is 3. The number of rotatable bonds is 6. The minimum atomic E-state index is 0.321. The molecule has 1 saturated heterocycles. The average Bonchev–Trinajstić information content (AvgIpc) is 2.88. The third kappa shape index (κ3) is 3.81. The molecular formula is C9H15N3O2S. The second kappa shape index (κ2) is 6.09. The lowest BCUT2D eigenvalue weighted by Crippen LogP contribution is -2.15. The molecule has 6 heteroatoms. The summed E-state index contributed by atoms with van der Waals surface area (Å²) < 4.78 is 11.0. The molecule has 0 amide bonds. The summed E-state index contributed by atoms with van der Waals surface area (Å²) in [6.07, 6.45) is 4.34. The van der Waals surface area contributed by atoms with Gasteiger partial charge in [-0.25, -0.2) is 0 Å². The monoisotopic (exact) mass is 229 g/mol. The van der Waals surface area contributed by atoms with Crippen molar-refractivity contribution in [1.82, 2.24) is 15.4 Å². The fraction of sp³-hybridized carbons (Fsp3) is 0.778. The minimum absolute atomic E-state index is 0.321. The zero-order chi connectivity index (χ0) is 10.3. The van der Waals surface area contributed by atoms with Gasteiger partial charge < -0.3 is 9.47 Å². The fourth-order valence-electron chi connectivity index (χ4n) is 1.46. The smallest absolute Gasteiger partial charge is 0.138 e. The Morgan fingerprint density at radius 3 is 3.40 bits per heavy atom. The van der Waals surface area contributed by atoms with Crippen molar-refractivity contribution in [3.05, 3.63) is 6.20 Å². The molecule has 0 saturated carbocycles. The molecule has 0 aliphatic carbocycles. The second-order valence-electron chi connectivity index (χ2n) is 3.37. The number of thioether (sulfide) groups is 1. The Kier molecular flexibility index (Phi) is 4.43. The molecule has 0 bridgehead atoms. The number of nitrogens with zero attached hydrogens (tertiary/aromatic N) is 2. The largest absolute Gasteiger partial charge is 0.378 e. The minimum Gasteiger partial charge on any atom is -0.378 e. The normalized spacial score (nSPS) is 20.9. The lowest BCUT2D eigenvalue weighted by molar-refractivity contribution is 0.0226. The molecule has 1 unspecified atom stereocenters. The van der Waals surface area contributed by atoms with Gasteiger partial charge in [0.15, 0.2) is 0 Å². The van der Waals surface area contributed by atoms with Crippen molar-refractivity contribution >= 4 is 11.8 Å². The van der Waals surface area contributed by atoms with E-state index < -0.39 is 0 Å². The van der Waals surface area contributed by atoms with Crippen LogP contribution in [0.4, 0.5) is 0 Å². The maximum absolute atomic E-state index is 5.51. The highest BCUT2D eigenvalue weighted by molar-refractivity contribution is 7.99. The molecule has 1 aromatic rings. The predicted octanol–water partition coefficient (Wildman–Crippen LogP) is 1.09. The second-order valence-corrected chi connectivity index (χ2v) is 4.48. The van der Waals surface area contributed by atoms with E-state index in [1.807, 2.05) is 0 Å². The van der Waals surface area contributed by atoms with Crippen molar-refractivity contribution in [2.45, 2.75) is 24.0 Å². The van der Waals surface area contributed by atoms with Crippen molar-refractivity contribution in [2.75, 3.05) is 25.6 Å². The van der Waals surface area contributed by atoms with Gasteiger partial charge in [-0.2, -0.15) is 10.3 Å². The Hall–Kier alpha value is -0.590. The predicted molar refractivity (Wildman–Crippen MR) is 56.9 cm³/mol. The number of ether oxygens (including phenoxy) is 2. The van der Waals surface area contributed by atoms with E-state index in [9.17, 15) is 0 Å². The first-order valence-electron chi connectivity index (χ1n) is 5.13. The Bertz CT molecular complexity index is 262. The van der Waals surface area contributed by atoms with Gasteiger partial charge >= 0.3 is 0 Å². The van der Waals surface area contributed by atoms with Crippen LogP contribution in [-0.2, 0) is 9.47 Å². The molecule has 1 aliphatic rings. The lowest BCUT2D eigenvalue weighted by Gasteiger charge is -2.09. The van der Waals surface area contributed by atoms with Crippen LogP contribution in [0.15, 0.2) is 11.2 Å². The highest BCUT2D eigenvalue weighted by Gasteiger charge is 2.14. The third-order valence-corrected chi connectivity index (χ3v) is 3.06. The van der Waals surface area contributed by atoms with Crippen molar-refractivity contribution in [3.63, 3.8) is 0 Å². The van der Waals surface area contributed by atoms with Crippen LogP contribution < -0.4 is 0 Å². The Morgan fingerprint density at radius 2 is 2.67 bits per heavy atom. The van der Waals surface area contributed by atoms with Crippen molar-refractivity contribution in [2.24, 2.45) is 0 Å². The highest BCUT2D eigenvalue weighted by Crippen LogP contribution is 2.14. The molecule has 0 spiro atoms. The Morgan fingerprint density at radius 1 is 1.67 bits per heavy atom. The van der Waals surface area contributed by atoms with Crippen LogP contribution in [0.2, 0.25) is 0 Å². The number of aromatic amines is 1. The van der Waals surface area contributed by atoms with Gasteiger partial charge in [0.05, 0.1) is 25.5 Å². The topological polar surface area (TPSA) is 60.0 Å². The summed E-state index contributed by atoms with van der Waals surface area (Å²) in [4.78, 5) is 0. The lowest BCUT2D eigenvalue weighted by atomic mass is 10.2. The molecule has 1 aromatic heterocycles. The molecule has 1 N–H and O–H groups in total. The molecule has 0 radical (unpaired) electrons. The zero-order valence-electron chi connectivity index (χ0n) is 8.52. The summed E-state index contributed by atoms with van der Waals surface area (Å²) in [5.41, 5.74) is 0. The van der Waals surface area contributed by atoms with Crippen molar-refractivity contribution < 1.29 is 9.47 Å². The van der Waals surface area contributed by atoms with Gasteiger partial charge in [-0.1, -0.05) is 0 Å². The summed E-state index contributed by atoms with van der Waals surface area (Å²) >= 11 is 1.64. The van der Waals surface area contributed by atoms with E-state index in [0.29, 0.717) is 6.10 Å². The molecule has 15 heavy (non-hydrogen) atoms. The zero-order valence-corrected chi connectivity index (χ0v) is 9.33. The first kappa shape index (κ1) is 10.9. The number of nitrogens with one attached hydrogen (secondary N) is 1. The van der Waals surface area contributed by atoms with Crippen molar-refractivity contribution in [1.29, 1.82) is 0 Å². The van der Waals surface area contributed by atoms with Gasteiger partial charge in [0.1, 0.15) is 5.03 Å². The molecule has 5 nitrogen and oxygen atoms in total. The standard InChI is InChI=1S/C9H15N3O2S/c1-2-8(14-3-1)7-13-4-5-15-9-6-10-12-11-9/h6,8H,1-5,7H2,(H,10,11,12). The summed E-state index contributed by atoms with van der Waals surface area (Å²) in [5, 5.41) is 11.2. The fourth-order valence-corrected chi connectivity index (χ4v) is 2.10. The van der Waals surface area contributed by atoms with Crippen LogP contribution >= 0.6 is 11.8 Å². The van der Waals surface area contributed by atoms with E-state index in [1.165, 1.54) is 6.42 Å². The van der Waals surface area contributed by atoms with Crippen LogP contribution in [-0.4, -0.2) is 47.1 Å². The maximum atomic E-state index is 5.51. The van der Waals surface area contributed by atoms with Gasteiger partial charge in [0.25, 0.3) is 0 Å². The Balaban J connectivity index is 1.48. The summed E-state index contributed by atoms with van der Waals surface area (Å²) in [7, 11) is 0. The molecule has 1 atom stereocenters. The van der Waals surface area contributed by atoms with Gasteiger partial charge in [-0.15, -0.1) is 16.9 Å². The quantitative estimate of drug-likeness (QED) is 0.584. The van der Waals surface area contributed by atoms with E-state index in [1.54, 1.807) is 18.0 Å². The number of hydrogen-bond acceptors (Lipinski definition) is 5. The maximum Gasteiger partial charge on any atom is 0.138 e. The van der Waals surface area contributed by atoms with E-state index >= 15 is 0 Å². The summed E-state index contributed by atoms with van der Waals surface area (Å²) in [6, 6.07) is 0. The highest BCUT2D eigenvalue weighted by atomic mass is 32.2. The van der Waals surface area contributed by atoms with E-state index in [2.05, 4.69) is 15.4 Å². The summed E-state index contributed by atoms with van der Waals surface area (Å²) in [5.74, 6) is 0.902. The first-order valence-corrected chi connectivity index (χ1v) is 6.11. The average molecular weight is 229 g/mol.